The lowest BCUT2D eigenvalue weighted by molar-refractivity contribution is 0.174. The molecule has 6 heteroatoms. The second-order valence-electron chi connectivity index (χ2n) is 2.42. The summed E-state index contributed by atoms with van der Waals surface area (Å²) in [6.07, 6.45) is 1.62. The first-order valence-electron chi connectivity index (χ1n) is 3.71. The third-order valence-corrected chi connectivity index (χ3v) is 1.47. The molecule has 68 valence electrons. The highest BCUT2D eigenvalue weighted by atomic mass is 16.5. The van der Waals surface area contributed by atoms with Crippen LogP contribution in [0, 0.1) is 0 Å². The highest BCUT2D eigenvalue weighted by Gasteiger charge is 2.08. The Labute approximate surface area is 73.9 Å². The summed E-state index contributed by atoms with van der Waals surface area (Å²) < 4.78 is 9.80. The molecular weight excluding hydrogens is 172 g/mol. The van der Waals surface area contributed by atoms with E-state index < -0.39 is 0 Å². The van der Waals surface area contributed by atoms with Crippen molar-refractivity contribution in [2.75, 3.05) is 7.11 Å². The Bertz CT molecular complexity index is 368. The summed E-state index contributed by atoms with van der Waals surface area (Å²) in [5, 5.41) is 10.2. The molecule has 6 nitrogen and oxygen atoms in total. The smallest absolute Gasteiger partial charge is 0.276 e. The van der Waals surface area contributed by atoms with Crippen molar-refractivity contribution in [1.82, 2.24) is 20.3 Å². The Morgan fingerprint density at radius 2 is 2.54 bits per heavy atom. The van der Waals surface area contributed by atoms with E-state index in [0.717, 1.165) is 0 Å². The van der Waals surface area contributed by atoms with E-state index in [-0.39, 0.29) is 0 Å². The molecule has 0 radical (unpaired) electrons. The van der Waals surface area contributed by atoms with Crippen molar-refractivity contribution in [2.24, 2.45) is 0 Å². The third kappa shape index (κ3) is 1.57. The minimum atomic E-state index is 0.345. The fourth-order valence-corrected chi connectivity index (χ4v) is 0.926. The van der Waals surface area contributed by atoms with Crippen molar-refractivity contribution in [3.8, 4) is 11.6 Å². The lowest BCUT2D eigenvalue weighted by Gasteiger charge is -1.86. The molecule has 0 fully saturated rings. The Morgan fingerprint density at radius 3 is 3.23 bits per heavy atom. The van der Waals surface area contributed by atoms with Crippen LogP contribution in [0.1, 0.15) is 5.82 Å². The average Bonchev–Trinajstić information content (AvgIpc) is 2.70. The number of ether oxygens (including phenoxy) is 1. The van der Waals surface area contributed by atoms with E-state index in [9.17, 15) is 0 Å². The lowest BCUT2D eigenvalue weighted by atomic mass is 10.4. The van der Waals surface area contributed by atoms with Crippen molar-refractivity contribution >= 4 is 0 Å². The van der Waals surface area contributed by atoms with Crippen LogP contribution in [-0.2, 0) is 11.3 Å². The number of nitrogens with one attached hydrogen (secondary N) is 1. The molecule has 0 bridgehead atoms. The second kappa shape index (κ2) is 3.36. The van der Waals surface area contributed by atoms with Gasteiger partial charge in [-0.1, -0.05) is 5.16 Å². The van der Waals surface area contributed by atoms with Crippen LogP contribution in [-0.4, -0.2) is 27.4 Å². The molecule has 0 spiro atoms. The predicted molar refractivity (Wildman–Crippen MR) is 42.6 cm³/mol. The molecule has 0 atom stereocenters. The van der Waals surface area contributed by atoms with Crippen LogP contribution in [0.25, 0.3) is 11.6 Å². The van der Waals surface area contributed by atoms with Gasteiger partial charge in [-0.3, -0.25) is 5.10 Å². The van der Waals surface area contributed by atoms with Crippen molar-refractivity contribution < 1.29 is 9.26 Å². The molecule has 2 heterocycles. The molecule has 13 heavy (non-hydrogen) atoms. The van der Waals surface area contributed by atoms with Gasteiger partial charge in [0.2, 0.25) is 0 Å². The summed E-state index contributed by atoms with van der Waals surface area (Å²) in [5.41, 5.74) is 0.704. The molecule has 2 rings (SSSR count). The molecule has 1 N–H and O–H groups in total. The minimum absolute atomic E-state index is 0.345. The number of aromatic nitrogens is 4. The zero-order chi connectivity index (χ0) is 9.10. The molecule has 0 aliphatic rings. The van der Waals surface area contributed by atoms with Crippen molar-refractivity contribution in [2.45, 2.75) is 6.61 Å². The van der Waals surface area contributed by atoms with Gasteiger partial charge in [0, 0.05) is 13.3 Å². The molecular formula is C7H8N4O2. The van der Waals surface area contributed by atoms with Gasteiger partial charge in [0.15, 0.2) is 5.82 Å². The second-order valence-corrected chi connectivity index (χ2v) is 2.42. The maximum atomic E-state index is 4.95. The van der Waals surface area contributed by atoms with Gasteiger partial charge >= 0.3 is 0 Å². The summed E-state index contributed by atoms with van der Waals surface area (Å²) in [6, 6.07) is 1.75. The van der Waals surface area contributed by atoms with Gasteiger partial charge in [-0.2, -0.15) is 10.1 Å². The molecule has 2 aromatic rings. The largest absolute Gasteiger partial charge is 0.377 e. The van der Waals surface area contributed by atoms with E-state index in [1.165, 1.54) is 0 Å². The van der Waals surface area contributed by atoms with Gasteiger partial charge in [0.25, 0.3) is 5.89 Å². The first kappa shape index (κ1) is 7.93. The fraction of sp³-hybridized carbons (Fsp3) is 0.286. The highest BCUT2D eigenvalue weighted by molar-refractivity contribution is 5.44. The number of aromatic amines is 1. The lowest BCUT2D eigenvalue weighted by Crippen LogP contribution is -1.89. The summed E-state index contributed by atoms with van der Waals surface area (Å²) in [6.45, 7) is 0.345. The fourth-order valence-electron chi connectivity index (χ4n) is 0.926. The maximum Gasteiger partial charge on any atom is 0.276 e. The van der Waals surface area contributed by atoms with E-state index in [1.807, 2.05) is 0 Å². The highest BCUT2D eigenvalue weighted by Crippen LogP contribution is 2.12. The van der Waals surface area contributed by atoms with Crippen LogP contribution in [0.5, 0.6) is 0 Å². The summed E-state index contributed by atoms with van der Waals surface area (Å²) in [7, 11) is 1.58. The maximum absolute atomic E-state index is 4.95. The van der Waals surface area contributed by atoms with E-state index >= 15 is 0 Å². The summed E-state index contributed by atoms with van der Waals surface area (Å²) in [4.78, 5) is 4.07. The Kier molecular flexibility index (Phi) is 2.05. The molecule has 2 aromatic heterocycles. The van der Waals surface area contributed by atoms with Gasteiger partial charge in [-0.05, 0) is 6.07 Å². The van der Waals surface area contributed by atoms with Gasteiger partial charge < -0.3 is 9.26 Å². The van der Waals surface area contributed by atoms with Crippen LogP contribution in [0.15, 0.2) is 16.8 Å². The van der Waals surface area contributed by atoms with Crippen LogP contribution in [0.2, 0.25) is 0 Å². The molecule has 0 aliphatic carbocycles. The molecule has 0 amide bonds. The minimum Gasteiger partial charge on any atom is -0.377 e. The summed E-state index contributed by atoms with van der Waals surface area (Å²) in [5.74, 6) is 0.941. The molecule has 0 saturated heterocycles. The van der Waals surface area contributed by atoms with Gasteiger partial charge in [0.1, 0.15) is 12.3 Å². The number of nitrogens with zero attached hydrogens (tertiary/aromatic N) is 3. The van der Waals surface area contributed by atoms with Crippen LogP contribution in [0.3, 0.4) is 0 Å². The Balaban J connectivity index is 2.23. The normalized spacial score (nSPS) is 10.5. The van der Waals surface area contributed by atoms with Crippen LogP contribution in [0.4, 0.5) is 0 Å². The Hall–Kier alpha value is -1.69. The topological polar surface area (TPSA) is 76.8 Å². The molecule has 0 saturated carbocycles. The number of hydrogen-bond donors (Lipinski definition) is 1. The van der Waals surface area contributed by atoms with E-state index in [2.05, 4.69) is 20.3 Å². The quantitative estimate of drug-likeness (QED) is 0.748. The first-order valence-corrected chi connectivity index (χ1v) is 3.71. The molecule has 0 unspecified atom stereocenters. The van der Waals surface area contributed by atoms with Crippen molar-refractivity contribution in [3.05, 3.63) is 18.1 Å². The molecule has 0 aliphatic heterocycles. The number of methoxy groups -OCH3 is 1. The van der Waals surface area contributed by atoms with E-state index in [0.29, 0.717) is 24.0 Å². The van der Waals surface area contributed by atoms with E-state index in [1.54, 1.807) is 19.4 Å². The number of hydrogen-bond acceptors (Lipinski definition) is 5. The zero-order valence-electron chi connectivity index (χ0n) is 7.02. The van der Waals surface area contributed by atoms with Crippen molar-refractivity contribution in [1.29, 1.82) is 0 Å². The van der Waals surface area contributed by atoms with Crippen LogP contribution >= 0.6 is 0 Å². The van der Waals surface area contributed by atoms with Crippen LogP contribution < -0.4 is 0 Å². The predicted octanol–water partition coefficient (Wildman–Crippen LogP) is 0.606. The first-order chi connectivity index (χ1) is 6.40. The number of rotatable bonds is 3. The molecule has 0 aromatic carbocycles. The van der Waals surface area contributed by atoms with Gasteiger partial charge in [-0.15, -0.1) is 0 Å². The number of H-pyrrole nitrogens is 1. The van der Waals surface area contributed by atoms with Crippen molar-refractivity contribution in [3.63, 3.8) is 0 Å². The average molecular weight is 180 g/mol. The zero-order valence-corrected chi connectivity index (χ0v) is 7.02. The standard InChI is InChI=1S/C7H8N4O2/c1-12-4-6-9-7(13-11-6)5-2-3-8-10-5/h2-3H,4H2,1H3,(H,8,10). The summed E-state index contributed by atoms with van der Waals surface area (Å²) >= 11 is 0. The third-order valence-electron chi connectivity index (χ3n) is 1.47. The van der Waals surface area contributed by atoms with E-state index in [4.69, 9.17) is 9.26 Å². The van der Waals surface area contributed by atoms with Gasteiger partial charge in [-0.25, -0.2) is 0 Å². The SMILES string of the molecule is COCc1noc(-c2ccn[nH]2)n1. The van der Waals surface area contributed by atoms with Gasteiger partial charge in [0.05, 0.1) is 0 Å². The monoisotopic (exact) mass is 180 g/mol. The Morgan fingerprint density at radius 1 is 1.62 bits per heavy atom.